The van der Waals surface area contributed by atoms with E-state index in [9.17, 15) is 40.5 Å². The minimum absolute atomic E-state index is 0.0382. The monoisotopic (exact) mass is 464 g/mol. The number of aliphatic hydroxyl groups is 3. The Bertz CT molecular complexity index is 1250. The van der Waals surface area contributed by atoms with Gasteiger partial charge in [-0.05, 0) is 18.2 Å². The maximum Gasteiger partial charge on any atom is 0.239 e. The Labute approximate surface area is 184 Å². The third-order valence-electron chi connectivity index (χ3n) is 5.15. The van der Waals surface area contributed by atoms with Gasteiger partial charge in [0.2, 0.25) is 17.5 Å². The van der Waals surface area contributed by atoms with Crippen LogP contribution in [0.2, 0.25) is 0 Å². The summed E-state index contributed by atoms with van der Waals surface area (Å²) in [6.45, 7) is 0. The van der Waals surface area contributed by atoms with Gasteiger partial charge in [-0.2, -0.15) is 0 Å². The van der Waals surface area contributed by atoms with Gasteiger partial charge in [0.15, 0.2) is 23.5 Å². The van der Waals surface area contributed by atoms with E-state index in [4.69, 9.17) is 18.6 Å². The highest BCUT2D eigenvalue weighted by Crippen LogP contribution is 2.39. The van der Waals surface area contributed by atoms with Crippen LogP contribution in [0.3, 0.4) is 0 Å². The number of phenolic OH excluding ortho intramolecular Hbond substituents is 4. The van der Waals surface area contributed by atoms with Crippen molar-refractivity contribution in [1.82, 2.24) is 0 Å². The molecule has 1 saturated heterocycles. The molecule has 3 aromatic rings. The van der Waals surface area contributed by atoms with Gasteiger partial charge >= 0.3 is 0 Å². The van der Waals surface area contributed by atoms with Crippen molar-refractivity contribution in [1.29, 1.82) is 0 Å². The molecule has 4 rings (SSSR count). The van der Waals surface area contributed by atoms with Crippen molar-refractivity contribution in [2.45, 2.75) is 30.9 Å². The summed E-state index contributed by atoms with van der Waals surface area (Å²) in [5, 5.41) is 69.4. The fourth-order valence-electron chi connectivity index (χ4n) is 3.46. The average Bonchev–Trinajstić information content (AvgIpc) is 2.76. The van der Waals surface area contributed by atoms with E-state index >= 15 is 0 Å². The zero-order valence-corrected chi connectivity index (χ0v) is 16.9. The van der Waals surface area contributed by atoms with Crippen LogP contribution in [0.25, 0.3) is 22.3 Å². The molecule has 2 aromatic carbocycles. The van der Waals surface area contributed by atoms with Crippen LogP contribution in [0.15, 0.2) is 39.5 Å². The second kappa shape index (κ2) is 8.42. The highest BCUT2D eigenvalue weighted by molar-refractivity contribution is 5.88. The predicted molar refractivity (Wildman–Crippen MR) is 109 cm³/mol. The molecule has 176 valence electrons. The first-order chi connectivity index (χ1) is 15.6. The highest BCUT2D eigenvalue weighted by Gasteiger charge is 2.46. The molecule has 0 aliphatic carbocycles. The minimum atomic E-state index is -1.82. The minimum Gasteiger partial charge on any atom is -0.508 e. The van der Waals surface area contributed by atoms with Gasteiger partial charge in [-0.25, -0.2) is 0 Å². The maximum atomic E-state index is 13.3. The lowest BCUT2D eigenvalue weighted by molar-refractivity contribution is -0.327. The Morgan fingerprint density at radius 1 is 0.848 bits per heavy atom. The van der Waals surface area contributed by atoms with E-state index in [2.05, 4.69) is 0 Å². The molecule has 1 fully saturated rings. The lowest BCUT2D eigenvalue weighted by Gasteiger charge is -2.39. The lowest BCUT2D eigenvalue weighted by Crippen LogP contribution is -2.59. The summed E-state index contributed by atoms with van der Waals surface area (Å²) in [5.74, 6) is -2.95. The van der Waals surface area contributed by atoms with Crippen LogP contribution in [0.5, 0.6) is 28.7 Å². The van der Waals surface area contributed by atoms with Gasteiger partial charge in [0.1, 0.15) is 40.8 Å². The molecule has 1 aliphatic rings. The van der Waals surface area contributed by atoms with Crippen LogP contribution in [-0.2, 0) is 9.47 Å². The molecule has 0 saturated carbocycles. The molecule has 0 radical (unpaired) electrons. The summed E-state index contributed by atoms with van der Waals surface area (Å²) >= 11 is 0. The fourth-order valence-corrected chi connectivity index (χ4v) is 3.46. The van der Waals surface area contributed by atoms with Crippen molar-refractivity contribution < 1.29 is 54.4 Å². The molecule has 0 spiro atoms. The van der Waals surface area contributed by atoms with Crippen molar-refractivity contribution in [2.75, 3.05) is 7.11 Å². The smallest absolute Gasteiger partial charge is 0.239 e. The largest absolute Gasteiger partial charge is 0.508 e. The van der Waals surface area contributed by atoms with Crippen LogP contribution < -0.4 is 10.2 Å². The molecule has 1 aromatic heterocycles. The summed E-state index contributed by atoms with van der Waals surface area (Å²) in [4.78, 5) is 13.3. The molecule has 1 aliphatic heterocycles. The Morgan fingerprint density at radius 2 is 1.55 bits per heavy atom. The zero-order chi connectivity index (χ0) is 24.0. The highest BCUT2D eigenvalue weighted by atomic mass is 16.8. The summed E-state index contributed by atoms with van der Waals surface area (Å²) in [6.07, 6.45) is -8.33. The van der Waals surface area contributed by atoms with Crippen LogP contribution in [0, 0.1) is 0 Å². The van der Waals surface area contributed by atoms with Crippen molar-refractivity contribution >= 4 is 11.0 Å². The molecule has 7 N–H and O–H groups in total. The van der Waals surface area contributed by atoms with Crippen molar-refractivity contribution in [3.63, 3.8) is 0 Å². The third-order valence-corrected chi connectivity index (χ3v) is 5.15. The first kappa shape index (κ1) is 22.6. The van der Waals surface area contributed by atoms with Crippen LogP contribution >= 0.6 is 0 Å². The van der Waals surface area contributed by atoms with Gasteiger partial charge in [-0.3, -0.25) is 4.79 Å². The van der Waals surface area contributed by atoms with E-state index in [-0.39, 0.29) is 22.3 Å². The summed E-state index contributed by atoms with van der Waals surface area (Å²) < 4.78 is 21.4. The Hall–Kier alpha value is -3.55. The van der Waals surface area contributed by atoms with Gasteiger partial charge in [0, 0.05) is 24.8 Å². The van der Waals surface area contributed by atoms with E-state index in [1.54, 1.807) is 0 Å². The number of hydrogen-bond donors (Lipinski definition) is 7. The predicted octanol–water partition coefficient (Wildman–Crippen LogP) is 0.0727. The first-order valence-corrected chi connectivity index (χ1v) is 9.56. The molecule has 12 heteroatoms. The number of methoxy groups -OCH3 is 1. The standard InChI is InChI=1S/C21H20O12/c1-30-20-16(28)15(27)17(29)21(33-20)32-19-14(26)13-11(25)5-8(22)6-12(13)31-18(19)7-2-3-9(23)10(24)4-7/h2-6,15-17,20-25,27-29H,1H3. The molecule has 5 unspecified atom stereocenters. The van der Waals surface area contributed by atoms with Crippen LogP contribution in [-0.4, -0.2) is 73.7 Å². The Balaban J connectivity index is 1.91. The Morgan fingerprint density at radius 3 is 2.21 bits per heavy atom. The number of ether oxygens (including phenoxy) is 3. The number of aromatic hydroxyl groups is 4. The fraction of sp³-hybridized carbons (Fsp3) is 0.286. The summed E-state index contributed by atoms with van der Waals surface area (Å²) in [7, 11) is 1.18. The molecule has 0 amide bonds. The molecular weight excluding hydrogens is 444 g/mol. The molecule has 33 heavy (non-hydrogen) atoms. The topological polar surface area (TPSA) is 200 Å². The number of rotatable bonds is 4. The molecular formula is C21H20O12. The number of phenols is 4. The number of benzene rings is 2. The van der Waals surface area contributed by atoms with Crippen molar-refractivity contribution in [3.05, 3.63) is 40.6 Å². The van der Waals surface area contributed by atoms with Crippen molar-refractivity contribution in [2.24, 2.45) is 0 Å². The molecule has 5 atom stereocenters. The summed E-state index contributed by atoms with van der Waals surface area (Å²) in [5.41, 5.74) is -1.14. The number of aliphatic hydroxyl groups excluding tert-OH is 3. The lowest BCUT2D eigenvalue weighted by atomic mass is 10.0. The van der Waals surface area contributed by atoms with E-state index < -0.39 is 65.1 Å². The van der Waals surface area contributed by atoms with E-state index in [1.165, 1.54) is 13.2 Å². The quantitative estimate of drug-likeness (QED) is 0.257. The van der Waals surface area contributed by atoms with Gasteiger partial charge in [-0.1, -0.05) is 0 Å². The van der Waals surface area contributed by atoms with Crippen LogP contribution in [0.4, 0.5) is 0 Å². The molecule has 12 nitrogen and oxygen atoms in total. The zero-order valence-electron chi connectivity index (χ0n) is 16.9. The van der Waals surface area contributed by atoms with Gasteiger partial charge in [0.05, 0.1) is 0 Å². The Kier molecular flexibility index (Phi) is 5.78. The number of fused-ring (bicyclic) bond motifs is 1. The summed E-state index contributed by atoms with van der Waals surface area (Å²) in [6, 6.07) is 5.43. The second-order valence-corrected chi connectivity index (χ2v) is 7.33. The van der Waals surface area contributed by atoms with Gasteiger partial charge in [-0.15, -0.1) is 0 Å². The second-order valence-electron chi connectivity index (χ2n) is 7.33. The van der Waals surface area contributed by atoms with E-state index in [1.807, 2.05) is 0 Å². The number of hydrogen-bond acceptors (Lipinski definition) is 12. The van der Waals surface area contributed by atoms with Crippen LogP contribution in [0.1, 0.15) is 0 Å². The maximum absolute atomic E-state index is 13.3. The van der Waals surface area contributed by atoms with Gasteiger partial charge in [0.25, 0.3) is 0 Å². The van der Waals surface area contributed by atoms with E-state index in [0.29, 0.717) is 0 Å². The average molecular weight is 464 g/mol. The first-order valence-electron chi connectivity index (χ1n) is 9.56. The van der Waals surface area contributed by atoms with Gasteiger partial charge < -0.3 is 54.4 Å². The third kappa shape index (κ3) is 3.90. The molecule has 2 heterocycles. The van der Waals surface area contributed by atoms with E-state index in [0.717, 1.165) is 24.3 Å². The van der Waals surface area contributed by atoms with Crippen molar-refractivity contribution in [3.8, 4) is 40.1 Å². The molecule has 0 bridgehead atoms. The SMILES string of the molecule is COC1OC(Oc2c(-c3ccc(O)c(O)c3)oc3cc(O)cc(O)c3c2=O)C(O)C(O)C1O. The normalized spacial score (nSPS) is 25.3.